The first kappa shape index (κ1) is 26.9. The number of nitrogens with zero attached hydrogens (tertiary/aromatic N) is 3. The Balaban J connectivity index is 1.19. The summed E-state index contributed by atoms with van der Waals surface area (Å²) in [7, 11) is 0. The number of rotatable bonds is 4. The van der Waals surface area contributed by atoms with Gasteiger partial charge in [0, 0.05) is 42.3 Å². The van der Waals surface area contributed by atoms with Crippen molar-refractivity contribution in [2.24, 2.45) is 0 Å². The summed E-state index contributed by atoms with van der Waals surface area (Å²) < 4.78 is 2.62. The largest absolute Gasteiger partial charge is 0.208 e. The molecule has 0 fully saturated rings. The maximum Gasteiger partial charge on any atom is 0.164 e. The van der Waals surface area contributed by atoms with E-state index in [1.165, 1.54) is 48.0 Å². The molecule has 6 aromatic carbocycles. The molecule has 0 saturated carbocycles. The van der Waals surface area contributed by atoms with Gasteiger partial charge in [-0.25, -0.2) is 15.0 Å². The molecule has 9 rings (SSSR count). The van der Waals surface area contributed by atoms with Gasteiger partial charge < -0.3 is 0 Å². The van der Waals surface area contributed by atoms with E-state index in [0.717, 1.165) is 22.3 Å². The summed E-state index contributed by atoms with van der Waals surface area (Å²) in [6.45, 7) is 4.70. The number of hydrogen-bond donors (Lipinski definition) is 0. The van der Waals surface area contributed by atoms with Crippen LogP contribution in [0.15, 0.2) is 140 Å². The predicted molar refractivity (Wildman–Crippen MR) is 192 cm³/mol. The number of fused-ring (bicyclic) bond motifs is 6. The van der Waals surface area contributed by atoms with Crippen molar-refractivity contribution in [3.05, 3.63) is 151 Å². The SMILES string of the molecule is CC1(C)c2ccccc2-c2cc3sc4c(-c5cccc(-c6nc(-c7ccccc7)nc(-c7ccccc7)n6)c5)cccc4c3cc21. The normalized spacial score (nSPS) is 13.2. The van der Waals surface area contributed by atoms with Crippen LogP contribution in [-0.2, 0) is 5.41 Å². The van der Waals surface area contributed by atoms with E-state index in [1.54, 1.807) is 0 Å². The van der Waals surface area contributed by atoms with Gasteiger partial charge in [-0.3, -0.25) is 0 Å². The number of thiophene rings is 1. The van der Waals surface area contributed by atoms with Gasteiger partial charge in [-0.15, -0.1) is 11.3 Å². The third kappa shape index (κ3) is 4.22. The van der Waals surface area contributed by atoms with Crippen molar-refractivity contribution in [1.29, 1.82) is 0 Å². The van der Waals surface area contributed by atoms with Gasteiger partial charge in [0.2, 0.25) is 0 Å². The van der Waals surface area contributed by atoms with Crippen LogP contribution in [0.25, 0.3) is 76.6 Å². The molecule has 0 amide bonds. The summed E-state index contributed by atoms with van der Waals surface area (Å²) in [5.41, 5.74) is 10.8. The van der Waals surface area contributed by atoms with E-state index in [0.29, 0.717) is 17.5 Å². The fraction of sp³-hybridized carbons (Fsp3) is 0.0714. The van der Waals surface area contributed by atoms with Crippen LogP contribution < -0.4 is 0 Å². The van der Waals surface area contributed by atoms with Crippen molar-refractivity contribution < 1.29 is 0 Å². The van der Waals surface area contributed by atoms with E-state index >= 15 is 0 Å². The van der Waals surface area contributed by atoms with Gasteiger partial charge >= 0.3 is 0 Å². The first-order chi connectivity index (χ1) is 22.5. The molecule has 2 aromatic heterocycles. The molecule has 1 aliphatic rings. The first-order valence-electron chi connectivity index (χ1n) is 15.6. The molecule has 0 bridgehead atoms. The predicted octanol–water partition coefficient (Wildman–Crippen LogP) is 11.2. The Morgan fingerprint density at radius 2 is 1.00 bits per heavy atom. The molecule has 3 nitrogen and oxygen atoms in total. The zero-order valence-electron chi connectivity index (χ0n) is 25.5. The Labute approximate surface area is 271 Å². The van der Waals surface area contributed by atoms with E-state index in [1.807, 2.05) is 72.0 Å². The number of hydrogen-bond acceptors (Lipinski definition) is 4. The summed E-state index contributed by atoms with van der Waals surface area (Å²) in [4.78, 5) is 14.8. The van der Waals surface area contributed by atoms with E-state index in [9.17, 15) is 0 Å². The molecule has 0 N–H and O–H groups in total. The Morgan fingerprint density at radius 1 is 0.435 bits per heavy atom. The second kappa shape index (κ2) is 10.3. The van der Waals surface area contributed by atoms with E-state index < -0.39 is 0 Å². The zero-order chi connectivity index (χ0) is 30.8. The van der Waals surface area contributed by atoms with Crippen molar-refractivity contribution in [3.63, 3.8) is 0 Å². The molecule has 2 heterocycles. The fourth-order valence-electron chi connectivity index (χ4n) is 6.98. The lowest BCUT2D eigenvalue weighted by Crippen LogP contribution is -2.14. The molecule has 8 aromatic rings. The van der Waals surface area contributed by atoms with Crippen molar-refractivity contribution in [2.45, 2.75) is 19.3 Å². The monoisotopic (exact) mass is 607 g/mol. The third-order valence-corrected chi connectivity index (χ3v) is 10.5. The lowest BCUT2D eigenvalue weighted by molar-refractivity contribution is 0.661. The van der Waals surface area contributed by atoms with Gasteiger partial charge in [-0.05, 0) is 51.6 Å². The van der Waals surface area contributed by atoms with Crippen LogP contribution in [0.5, 0.6) is 0 Å². The maximum absolute atomic E-state index is 4.98. The quantitative estimate of drug-likeness (QED) is 0.200. The summed E-state index contributed by atoms with van der Waals surface area (Å²) in [5.74, 6) is 1.99. The molecule has 218 valence electrons. The first-order valence-corrected chi connectivity index (χ1v) is 16.4. The highest BCUT2D eigenvalue weighted by molar-refractivity contribution is 7.26. The minimum atomic E-state index is -0.0257. The maximum atomic E-state index is 4.98. The van der Waals surface area contributed by atoms with Gasteiger partial charge in [0.15, 0.2) is 17.5 Å². The summed E-state index contributed by atoms with van der Waals surface area (Å²) >= 11 is 1.88. The average Bonchev–Trinajstić information content (AvgIpc) is 3.59. The molecule has 1 aliphatic carbocycles. The van der Waals surface area contributed by atoms with Gasteiger partial charge in [0.25, 0.3) is 0 Å². The second-order valence-corrected chi connectivity index (χ2v) is 13.5. The number of aromatic nitrogens is 3. The second-order valence-electron chi connectivity index (χ2n) is 12.5. The lowest BCUT2D eigenvalue weighted by Gasteiger charge is -2.21. The summed E-state index contributed by atoms with van der Waals surface area (Å²) in [6, 6.07) is 49.3. The van der Waals surface area contributed by atoms with Gasteiger partial charge in [0.05, 0.1) is 0 Å². The van der Waals surface area contributed by atoms with Crippen molar-refractivity contribution >= 4 is 31.5 Å². The average molecular weight is 608 g/mol. The summed E-state index contributed by atoms with van der Waals surface area (Å²) in [6.07, 6.45) is 0. The molecule has 0 radical (unpaired) electrons. The van der Waals surface area contributed by atoms with Crippen LogP contribution in [0, 0.1) is 0 Å². The van der Waals surface area contributed by atoms with Gasteiger partial charge in [0.1, 0.15) is 0 Å². The molecule has 0 unspecified atom stereocenters. The van der Waals surface area contributed by atoms with E-state index in [-0.39, 0.29) is 5.41 Å². The standard InChI is InChI=1S/C42H29N3S/c1-42(2)35-22-10-9-19-31(35)33-25-37-34(24-36(33)42)32-21-12-20-30(38(32)46-37)28-17-11-18-29(23-28)41-44-39(26-13-5-3-6-14-26)43-40(45-41)27-15-7-4-8-16-27/h3-25H,1-2H3. The Morgan fingerprint density at radius 3 is 1.72 bits per heavy atom. The van der Waals surface area contributed by atoms with E-state index in [4.69, 9.17) is 15.0 Å². The lowest BCUT2D eigenvalue weighted by atomic mass is 9.82. The third-order valence-electron chi connectivity index (χ3n) is 9.33. The molecule has 0 aliphatic heterocycles. The van der Waals surface area contributed by atoms with Crippen LogP contribution in [0.3, 0.4) is 0 Å². The van der Waals surface area contributed by atoms with Crippen LogP contribution in [0.2, 0.25) is 0 Å². The minimum Gasteiger partial charge on any atom is -0.208 e. The van der Waals surface area contributed by atoms with Crippen molar-refractivity contribution in [2.75, 3.05) is 0 Å². The summed E-state index contributed by atoms with van der Waals surface area (Å²) in [5, 5.41) is 2.63. The zero-order valence-corrected chi connectivity index (χ0v) is 26.3. The molecule has 46 heavy (non-hydrogen) atoms. The molecule has 0 saturated heterocycles. The van der Waals surface area contributed by atoms with Gasteiger partial charge in [-0.2, -0.15) is 0 Å². The molecular weight excluding hydrogens is 579 g/mol. The van der Waals surface area contributed by atoms with Gasteiger partial charge in [-0.1, -0.05) is 135 Å². The topological polar surface area (TPSA) is 38.7 Å². The Hall–Kier alpha value is -5.45. The highest BCUT2D eigenvalue weighted by Crippen LogP contribution is 2.52. The molecular formula is C42H29N3S. The van der Waals surface area contributed by atoms with Crippen LogP contribution >= 0.6 is 11.3 Å². The Bertz CT molecular complexity index is 2380. The van der Waals surface area contributed by atoms with Crippen LogP contribution in [-0.4, -0.2) is 15.0 Å². The number of benzene rings is 6. The smallest absolute Gasteiger partial charge is 0.164 e. The van der Waals surface area contributed by atoms with E-state index in [2.05, 4.69) is 92.7 Å². The fourth-order valence-corrected chi connectivity index (χ4v) is 8.24. The van der Waals surface area contributed by atoms with Crippen LogP contribution in [0.4, 0.5) is 0 Å². The van der Waals surface area contributed by atoms with Crippen molar-refractivity contribution in [3.8, 4) is 56.4 Å². The molecule has 0 spiro atoms. The molecule has 4 heteroatoms. The van der Waals surface area contributed by atoms with Crippen molar-refractivity contribution in [1.82, 2.24) is 15.0 Å². The minimum absolute atomic E-state index is 0.0257. The highest BCUT2D eigenvalue weighted by atomic mass is 32.1. The van der Waals surface area contributed by atoms with Crippen LogP contribution in [0.1, 0.15) is 25.0 Å². The Kier molecular flexibility index (Phi) is 6.02. The highest BCUT2D eigenvalue weighted by Gasteiger charge is 2.35. The molecule has 0 atom stereocenters.